The van der Waals surface area contributed by atoms with Gasteiger partial charge in [0.15, 0.2) is 0 Å². The van der Waals surface area contributed by atoms with Crippen LogP contribution in [0.4, 0.5) is 26.3 Å². The van der Waals surface area contributed by atoms with Crippen LogP contribution >= 0.6 is 23.2 Å². The Morgan fingerprint density at radius 3 is 2.07 bits per heavy atom. The van der Waals surface area contributed by atoms with E-state index in [1.165, 1.54) is 12.1 Å². The number of benzene rings is 2. The van der Waals surface area contributed by atoms with Gasteiger partial charge >= 0.3 is 12.4 Å². The molecule has 1 aliphatic heterocycles. The molecule has 3 N–H and O–H groups in total. The van der Waals surface area contributed by atoms with Gasteiger partial charge in [0.05, 0.1) is 38.0 Å². The van der Waals surface area contributed by atoms with Crippen molar-refractivity contribution in [3.05, 3.63) is 68.7 Å². The van der Waals surface area contributed by atoms with Gasteiger partial charge in [0.2, 0.25) is 5.91 Å². The summed E-state index contributed by atoms with van der Waals surface area (Å²) in [4.78, 5) is 15.4. The number of nitrogens with one attached hydrogen (secondary N) is 1. The van der Waals surface area contributed by atoms with Gasteiger partial charge in [-0.3, -0.25) is 9.69 Å². The molecule has 6 nitrogen and oxygen atoms in total. The number of piperidine rings is 1. The number of rotatable bonds is 8. The van der Waals surface area contributed by atoms with Crippen LogP contribution in [-0.2, 0) is 38.9 Å². The highest BCUT2D eigenvalue weighted by atomic mass is 35.5. The topological polar surface area (TPSA) is 92.5 Å². The molecule has 41 heavy (non-hydrogen) atoms. The summed E-state index contributed by atoms with van der Waals surface area (Å²) in [6, 6.07) is 5.60. The quantitative estimate of drug-likeness (QED) is 0.354. The first-order valence-electron chi connectivity index (χ1n) is 12.4. The molecule has 0 spiro atoms. The standard InChI is InChI=1S/C26H29Cl2F6N3O3S/c1-24(16-3-4-20(27)21(28)12-16,6-8-37-7-5-19(13-22(37)35)41(2,39)40)23(38)36-14-15-9-17(25(29,30)31)11-18(10-15)26(32,33)34/h3-4,9-12,19,22H,5-8,13-14,35H2,1-2H3,(H,36,38). The molecule has 3 unspecified atom stereocenters. The molecule has 0 aromatic heterocycles. The number of carbonyl (C=O) groups excluding carboxylic acids is 1. The Kier molecular flexibility index (Phi) is 10.0. The molecule has 15 heteroatoms. The van der Waals surface area contributed by atoms with Gasteiger partial charge in [-0.05, 0) is 67.6 Å². The summed E-state index contributed by atoms with van der Waals surface area (Å²) in [6.45, 7) is 1.54. The number of hydrogen-bond donors (Lipinski definition) is 2. The lowest BCUT2D eigenvalue weighted by molar-refractivity contribution is -0.143. The molecule has 1 fully saturated rings. The largest absolute Gasteiger partial charge is 0.416 e. The summed E-state index contributed by atoms with van der Waals surface area (Å²) < 4.78 is 104. The highest BCUT2D eigenvalue weighted by Crippen LogP contribution is 2.37. The lowest BCUT2D eigenvalue weighted by Gasteiger charge is -2.39. The SMILES string of the molecule is CC(CCN1CCC(S(C)(=O)=O)CC1N)(C(=O)NCc1cc(C(F)(F)F)cc(C(F)(F)F)c1)c1ccc(Cl)c(Cl)c1. The van der Waals surface area contributed by atoms with Crippen molar-refractivity contribution < 1.29 is 39.6 Å². The number of carbonyl (C=O) groups is 1. The molecule has 1 saturated heterocycles. The van der Waals surface area contributed by atoms with Crippen LogP contribution in [0.5, 0.6) is 0 Å². The fourth-order valence-electron chi connectivity index (χ4n) is 4.77. The molecule has 228 valence electrons. The number of hydrogen-bond acceptors (Lipinski definition) is 5. The Balaban J connectivity index is 1.87. The zero-order valence-corrected chi connectivity index (χ0v) is 24.4. The molecule has 3 rings (SSSR count). The normalized spacial score (nSPS) is 20.5. The maximum Gasteiger partial charge on any atom is 0.416 e. The van der Waals surface area contributed by atoms with E-state index in [9.17, 15) is 39.6 Å². The van der Waals surface area contributed by atoms with Gasteiger partial charge in [0.25, 0.3) is 0 Å². The first-order chi connectivity index (χ1) is 18.7. The minimum atomic E-state index is -5.03. The smallest absolute Gasteiger partial charge is 0.351 e. The Labute approximate surface area is 244 Å². The van der Waals surface area contributed by atoms with Gasteiger partial charge in [-0.1, -0.05) is 29.3 Å². The van der Waals surface area contributed by atoms with Gasteiger partial charge in [-0.15, -0.1) is 0 Å². The zero-order chi connectivity index (χ0) is 31.0. The van der Waals surface area contributed by atoms with Crippen LogP contribution in [-0.4, -0.2) is 50.0 Å². The monoisotopic (exact) mass is 647 g/mol. The Bertz CT molecular complexity index is 1360. The van der Waals surface area contributed by atoms with E-state index in [-0.39, 0.29) is 41.1 Å². The second-order valence-corrected chi connectivity index (χ2v) is 13.5. The molecular formula is C26H29Cl2F6N3O3S. The van der Waals surface area contributed by atoms with E-state index in [0.29, 0.717) is 30.7 Å². The summed E-state index contributed by atoms with van der Waals surface area (Å²) >= 11 is 12.2. The number of nitrogens with zero attached hydrogens (tertiary/aromatic N) is 1. The fourth-order valence-corrected chi connectivity index (χ4v) is 6.15. The van der Waals surface area contributed by atoms with E-state index >= 15 is 0 Å². The third-order valence-electron chi connectivity index (χ3n) is 7.37. The average Bonchev–Trinajstić information content (AvgIpc) is 2.86. The minimum Gasteiger partial charge on any atom is -0.351 e. The van der Waals surface area contributed by atoms with Crippen LogP contribution < -0.4 is 11.1 Å². The molecule has 1 amide bonds. The Morgan fingerprint density at radius 1 is 1.00 bits per heavy atom. The maximum absolute atomic E-state index is 13.6. The number of nitrogens with two attached hydrogens (primary N) is 1. The lowest BCUT2D eigenvalue weighted by Crippen LogP contribution is -2.53. The predicted molar refractivity (Wildman–Crippen MR) is 144 cm³/mol. The molecule has 0 saturated carbocycles. The molecule has 1 aliphatic rings. The predicted octanol–water partition coefficient (Wildman–Crippen LogP) is 5.79. The van der Waals surface area contributed by atoms with E-state index in [2.05, 4.69) is 5.32 Å². The highest BCUT2D eigenvalue weighted by Gasteiger charge is 2.39. The van der Waals surface area contributed by atoms with Crippen molar-refractivity contribution in [3.63, 3.8) is 0 Å². The summed E-state index contributed by atoms with van der Waals surface area (Å²) in [5, 5.41) is 2.24. The summed E-state index contributed by atoms with van der Waals surface area (Å²) in [6.07, 6.45) is -8.85. The molecular weight excluding hydrogens is 619 g/mol. The molecule has 1 heterocycles. The zero-order valence-electron chi connectivity index (χ0n) is 22.0. The summed E-state index contributed by atoms with van der Waals surface area (Å²) in [5.74, 6) is -0.679. The van der Waals surface area contributed by atoms with E-state index in [1.807, 2.05) is 4.90 Å². The lowest BCUT2D eigenvalue weighted by atomic mass is 9.78. The molecule has 0 bridgehead atoms. The second-order valence-electron chi connectivity index (χ2n) is 10.4. The van der Waals surface area contributed by atoms with Crippen molar-refractivity contribution in [2.24, 2.45) is 5.73 Å². The van der Waals surface area contributed by atoms with Gasteiger partial charge in [-0.25, -0.2) is 8.42 Å². The van der Waals surface area contributed by atoms with Gasteiger partial charge in [-0.2, -0.15) is 26.3 Å². The van der Waals surface area contributed by atoms with Crippen LogP contribution in [0.3, 0.4) is 0 Å². The van der Waals surface area contributed by atoms with Crippen molar-refractivity contribution in [1.82, 2.24) is 10.2 Å². The van der Waals surface area contributed by atoms with Gasteiger partial charge < -0.3 is 11.1 Å². The number of sulfone groups is 1. The van der Waals surface area contributed by atoms with Gasteiger partial charge in [0, 0.05) is 25.9 Å². The Morgan fingerprint density at radius 2 is 1.59 bits per heavy atom. The van der Waals surface area contributed by atoms with Crippen molar-refractivity contribution >= 4 is 38.9 Å². The van der Waals surface area contributed by atoms with Crippen LogP contribution in [0, 0.1) is 0 Å². The van der Waals surface area contributed by atoms with Crippen LogP contribution in [0.1, 0.15) is 48.4 Å². The van der Waals surface area contributed by atoms with Crippen molar-refractivity contribution in [2.45, 2.75) is 61.9 Å². The Hall–Kier alpha value is -2.06. The molecule has 3 atom stereocenters. The molecule has 0 radical (unpaired) electrons. The second kappa shape index (κ2) is 12.3. The third-order valence-corrected chi connectivity index (χ3v) is 9.75. The number of alkyl halides is 6. The van der Waals surface area contributed by atoms with E-state index in [1.54, 1.807) is 13.0 Å². The molecule has 2 aromatic rings. The number of amides is 1. The highest BCUT2D eigenvalue weighted by molar-refractivity contribution is 7.91. The van der Waals surface area contributed by atoms with Crippen LogP contribution in [0.2, 0.25) is 10.0 Å². The van der Waals surface area contributed by atoms with Crippen molar-refractivity contribution in [1.29, 1.82) is 0 Å². The summed E-state index contributed by atoms with van der Waals surface area (Å²) in [5.41, 5.74) is 1.90. The summed E-state index contributed by atoms with van der Waals surface area (Å²) in [7, 11) is -3.29. The number of likely N-dealkylation sites (tertiary alicyclic amines) is 1. The van der Waals surface area contributed by atoms with Gasteiger partial charge in [0.1, 0.15) is 9.84 Å². The molecule has 0 aliphatic carbocycles. The van der Waals surface area contributed by atoms with Crippen LogP contribution in [0.25, 0.3) is 0 Å². The van der Waals surface area contributed by atoms with Crippen molar-refractivity contribution in [3.8, 4) is 0 Å². The van der Waals surface area contributed by atoms with Crippen molar-refractivity contribution in [2.75, 3.05) is 19.3 Å². The number of halogens is 8. The average molecular weight is 648 g/mol. The van der Waals surface area contributed by atoms with E-state index in [4.69, 9.17) is 28.9 Å². The minimum absolute atomic E-state index is 0.0152. The third kappa shape index (κ3) is 8.28. The van der Waals surface area contributed by atoms with E-state index in [0.717, 1.165) is 6.26 Å². The van der Waals surface area contributed by atoms with Crippen LogP contribution in [0.15, 0.2) is 36.4 Å². The van der Waals surface area contributed by atoms with E-state index < -0.39 is 62.6 Å². The molecule has 2 aromatic carbocycles. The maximum atomic E-state index is 13.6. The first-order valence-corrected chi connectivity index (χ1v) is 15.1. The fraction of sp³-hybridized carbons (Fsp3) is 0.500. The first kappa shape index (κ1) is 33.4.